The van der Waals surface area contributed by atoms with Crippen molar-refractivity contribution < 1.29 is 37.4 Å². The van der Waals surface area contributed by atoms with Gasteiger partial charge in [0.15, 0.2) is 16.8 Å². The molecule has 41 heavy (non-hydrogen) atoms. The molecule has 1 saturated heterocycles. The molecule has 1 aliphatic carbocycles. The Morgan fingerprint density at radius 2 is 1.63 bits per heavy atom. The summed E-state index contributed by atoms with van der Waals surface area (Å²) in [6.07, 6.45) is -0.446. The average Bonchev–Trinajstić information content (AvgIpc) is 3.52. The Morgan fingerprint density at radius 3 is 2.10 bits per heavy atom. The normalized spacial score (nSPS) is 25.6. The van der Waals surface area contributed by atoms with Crippen LogP contribution in [-0.4, -0.2) is 76.3 Å². The van der Waals surface area contributed by atoms with Gasteiger partial charge >= 0.3 is 12.2 Å². The summed E-state index contributed by atoms with van der Waals surface area (Å²) in [4.78, 5) is 43.3. The Bertz CT molecular complexity index is 1180. The summed E-state index contributed by atoms with van der Waals surface area (Å²) in [5.74, 6) is -2.15. The number of halogens is 2. The maximum absolute atomic E-state index is 15.0. The van der Waals surface area contributed by atoms with Crippen LogP contribution in [0.1, 0.15) is 67.4 Å². The number of amides is 3. The van der Waals surface area contributed by atoms with E-state index in [0.717, 1.165) is 30.5 Å². The molecule has 4 rings (SSSR count). The summed E-state index contributed by atoms with van der Waals surface area (Å²) < 4.78 is 45.1. The van der Waals surface area contributed by atoms with Gasteiger partial charge in [-0.15, -0.1) is 0 Å². The van der Waals surface area contributed by atoms with Crippen molar-refractivity contribution in [2.75, 3.05) is 32.0 Å². The van der Waals surface area contributed by atoms with Gasteiger partial charge in [0.2, 0.25) is 6.41 Å². The highest BCUT2D eigenvalue weighted by atomic mass is 32.2. The molecular weight excluding hydrogens is 558 g/mol. The number of thioether (sulfide) groups is 1. The van der Waals surface area contributed by atoms with E-state index in [1.54, 1.807) is 53.4 Å². The smallest absolute Gasteiger partial charge is 0.426 e. The van der Waals surface area contributed by atoms with E-state index in [0.29, 0.717) is 19.6 Å². The molecule has 3 amide bonds. The minimum absolute atomic E-state index is 0.00297. The number of fused-ring (bicyclic) bond motifs is 1. The van der Waals surface area contributed by atoms with Crippen LogP contribution in [0.25, 0.3) is 0 Å². The summed E-state index contributed by atoms with van der Waals surface area (Å²) in [6.45, 7) is 16.5. The third kappa shape index (κ3) is 7.48. The molecule has 0 bridgehead atoms. The molecule has 0 radical (unpaired) electrons. The zero-order valence-corrected chi connectivity index (χ0v) is 25.7. The largest absolute Gasteiger partial charge is 0.443 e. The first-order valence-corrected chi connectivity index (χ1v) is 14.2. The summed E-state index contributed by atoms with van der Waals surface area (Å²) in [5, 5.41) is -0.0885. The first kappa shape index (κ1) is 32.6. The lowest BCUT2D eigenvalue weighted by molar-refractivity contribution is -0.121. The van der Waals surface area contributed by atoms with Gasteiger partial charge in [0.1, 0.15) is 11.2 Å². The number of morpholine rings is 1. The van der Waals surface area contributed by atoms with Gasteiger partial charge in [-0.2, -0.15) is 4.90 Å². The van der Waals surface area contributed by atoms with Gasteiger partial charge in [0.25, 0.3) is 0 Å². The van der Waals surface area contributed by atoms with Gasteiger partial charge in [0.05, 0.1) is 18.8 Å². The number of amidine groups is 1. The fourth-order valence-corrected chi connectivity index (χ4v) is 6.11. The average molecular weight is 599 g/mol. The van der Waals surface area contributed by atoms with Crippen molar-refractivity contribution in [3.63, 3.8) is 0 Å². The van der Waals surface area contributed by atoms with E-state index in [-0.39, 0.29) is 21.7 Å². The molecule has 0 aromatic heterocycles. The molecule has 1 aromatic rings. The van der Waals surface area contributed by atoms with Crippen LogP contribution in [0.3, 0.4) is 0 Å². The number of carbonyl (C=O) groups excluding carboxylic acids is 3. The fraction of sp³-hybridized carbons (Fsp3) is 0.643. The molecule has 228 valence electrons. The highest BCUT2D eigenvalue weighted by Gasteiger charge is 2.67. The number of rotatable bonds is 2. The maximum atomic E-state index is 15.0. The van der Waals surface area contributed by atoms with Crippen LogP contribution in [0.5, 0.6) is 0 Å². The monoisotopic (exact) mass is 598 g/mol. The van der Waals surface area contributed by atoms with E-state index >= 15 is 0 Å². The van der Waals surface area contributed by atoms with Crippen molar-refractivity contribution in [3.8, 4) is 0 Å². The van der Waals surface area contributed by atoms with Gasteiger partial charge in [-0.25, -0.2) is 23.4 Å². The molecule has 3 aliphatic rings. The lowest BCUT2D eigenvalue weighted by atomic mass is 9.77. The van der Waals surface area contributed by atoms with Gasteiger partial charge in [-0.05, 0) is 67.0 Å². The molecule has 10 nitrogen and oxygen atoms in total. The van der Waals surface area contributed by atoms with Crippen LogP contribution in [-0.2, 0) is 24.5 Å². The molecule has 13 heteroatoms. The molecule has 3 atom stereocenters. The maximum Gasteiger partial charge on any atom is 0.426 e. The Labute approximate surface area is 243 Å². The van der Waals surface area contributed by atoms with Crippen molar-refractivity contribution in [2.45, 2.75) is 83.8 Å². The van der Waals surface area contributed by atoms with E-state index in [1.807, 2.05) is 6.92 Å². The van der Waals surface area contributed by atoms with Gasteiger partial charge in [-0.3, -0.25) is 4.79 Å². The highest BCUT2D eigenvalue weighted by molar-refractivity contribution is 8.14. The molecule has 2 fully saturated rings. The number of aliphatic imine (C=N–C) groups is 1. The number of imide groups is 1. The Balaban J connectivity index is 0.000000496. The number of carbonyl (C=O) groups is 3. The standard InChI is InChI=1S/C23H31F2N3O4S.C5H9NO2/c1-20(2,3)31-18(29)28(19(30)32-21(4,5)6)17-27-23(8,22(7)11-15(22)33-17)13-9-12(26)10-14(24)16(13)25;7-5-6-1-3-8-4-2-6/h9-10,15H,11,26H2,1-8H3;5H,1-4H2/t15-,22+,23-;/m0./s1. The van der Waals surface area contributed by atoms with Crippen molar-refractivity contribution in [2.24, 2.45) is 10.4 Å². The molecule has 0 unspecified atom stereocenters. The van der Waals surface area contributed by atoms with Gasteiger partial charge in [0, 0.05) is 35.0 Å². The first-order chi connectivity index (χ1) is 18.8. The van der Waals surface area contributed by atoms with Crippen molar-refractivity contribution in [1.29, 1.82) is 0 Å². The van der Waals surface area contributed by atoms with E-state index in [4.69, 9.17) is 19.9 Å². The van der Waals surface area contributed by atoms with Crippen molar-refractivity contribution in [1.82, 2.24) is 9.80 Å². The molecule has 1 saturated carbocycles. The number of hydrogen-bond donors (Lipinski definition) is 1. The lowest BCUT2D eigenvalue weighted by Gasteiger charge is -2.39. The number of nitrogens with two attached hydrogens (primary N) is 1. The van der Waals surface area contributed by atoms with Crippen LogP contribution in [0.4, 0.5) is 24.1 Å². The predicted octanol–water partition coefficient (Wildman–Crippen LogP) is 5.29. The second kappa shape index (κ2) is 11.7. The Morgan fingerprint density at radius 1 is 1.10 bits per heavy atom. The lowest BCUT2D eigenvalue weighted by Crippen LogP contribution is -2.49. The number of nitrogens with zero attached hydrogens (tertiary/aromatic N) is 3. The molecule has 2 N–H and O–H groups in total. The minimum atomic E-state index is -1.29. The number of anilines is 1. The topological polar surface area (TPSA) is 124 Å². The van der Waals surface area contributed by atoms with E-state index in [2.05, 4.69) is 4.99 Å². The number of hydrogen-bond acceptors (Lipinski definition) is 9. The van der Waals surface area contributed by atoms with E-state index in [1.165, 1.54) is 17.8 Å². The van der Waals surface area contributed by atoms with Crippen LogP contribution in [0, 0.1) is 17.0 Å². The van der Waals surface area contributed by atoms with Gasteiger partial charge in [-0.1, -0.05) is 18.7 Å². The zero-order valence-electron chi connectivity index (χ0n) is 24.9. The highest BCUT2D eigenvalue weighted by Crippen LogP contribution is 2.68. The quantitative estimate of drug-likeness (QED) is 0.360. The predicted molar refractivity (Wildman–Crippen MR) is 152 cm³/mol. The SMILES string of the molecule is CC(C)(C)OC(=O)N(C(=O)OC(C)(C)C)C1=N[C@@](C)(c2cc(N)cc(F)c2F)[C@]2(C)C[C@@H]2S1.O=CN1CCOCC1. The molecule has 2 aliphatic heterocycles. The number of benzene rings is 1. The van der Waals surface area contributed by atoms with Crippen LogP contribution >= 0.6 is 11.8 Å². The second-order valence-corrected chi connectivity index (χ2v) is 13.8. The Hall–Kier alpha value is -2.93. The zero-order chi connectivity index (χ0) is 31.0. The van der Waals surface area contributed by atoms with E-state index < -0.39 is 46.0 Å². The fourth-order valence-electron chi connectivity index (χ4n) is 4.45. The summed E-state index contributed by atoms with van der Waals surface area (Å²) in [5.41, 5.74) is 2.22. The third-order valence-corrected chi connectivity index (χ3v) is 8.41. The number of nitrogen functional groups attached to an aromatic ring is 1. The molecule has 2 heterocycles. The van der Waals surface area contributed by atoms with Crippen molar-refractivity contribution >= 4 is 41.2 Å². The van der Waals surface area contributed by atoms with Crippen LogP contribution < -0.4 is 5.73 Å². The minimum Gasteiger partial charge on any atom is -0.443 e. The third-order valence-electron chi connectivity index (χ3n) is 6.95. The summed E-state index contributed by atoms with van der Waals surface area (Å²) >= 11 is 1.21. The summed E-state index contributed by atoms with van der Waals surface area (Å²) in [6, 6.07) is 2.26. The first-order valence-electron chi connectivity index (χ1n) is 13.4. The molecule has 1 aromatic carbocycles. The molecular formula is C28H40F2N4O6S. The van der Waals surface area contributed by atoms with E-state index in [9.17, 15) is 23.2 Å². The Kier molecular flexibility index (Phi) is 9.34. The van der Waals surface area contributed by atoms with Crippen molar-refractivity contribution in [3.05, 3.63) is 29.3 Å². The van der Waals surface area contributed by atoms with Crippen LogP contribution in [0.15, 0.2) is 17.1 Å². The molecule has 0 spiro atoms. The van der Waals surface area contributed by atoms with Gasteiger partial charge < -0.3 is 24.8 Å². The second-order valence-electron chi connectivity index (χ2n) is 12.6. The summed E-state index contributed by atoms with van der Waals surface area (Å²) in [7, 11) is 0. The number of ether oxygens (including phenoxy) is 3. The van der Waals surface area contributed by atoms with Crippen LogP contribution in [0.2, 0.25) is 0 Å².